The van der Waals surface area contributed by atoms with Crippen LogP contribution in [-0.2, 0) is 32.0 Å². The van der Waals surface area contributed by atoms with Crippen LogP contribution in [0.25, 0.3) is 0 Å². The Bertz CT molecular complexity index is 1370. The van der Waals surface area contributed by atoms with Gasteiger partial charge in [-0.05, 0) is 48.5 Å². The van der Waals surface area contributed by atoms with Crippen molar-refractivity contribution in [2.45, 2.75) is 31.9 Å². The minimum absolute atomic E-state index is 0.353. The van der Waals surface area contributed by atoms with Gasteiger partial charge < -0.3 is 11.5 Å². The zero-order valence-electron chi connectivity index (χ0n) is 16.6. The summed E-state index contributed by atoms with van der Waals surface area (Å²) in [6.07, 6.45) is -10.4. The van der Waals surface area contributed by atoms with Gasteiger partial charge in [0, 0.05) is 11.4 Å². The summed E-state index contributed by atoms with van der Waals surface area (Å²) >= 11 is 0. The molecule has 0 radical (unpaired) electrons. The van der Waals surface area contributed by atoms with Crippen molar-refractivity contribution in [2.75, 3.05) is 11.5 Å². The molecule has 0 saturated heterocycles. The second kappa shape index (κ2) is 8.20. The second-order valence-electron chi connectivity index (χ2n) is 6.96. The monoisotopic (exact) mass is 524 g/mol. The molecule has 34 heavy (non-hydrogen) atoms. The minimum Gasteiger partial charge on any atom is -0.399 e. The highest BCUT2D eigenvalue weighted by Gasteiger charge is 2.42. The standard InChI is InChI=1S/C20H14F6N2O4S2/c21-19(22,23)13-9-11(27)5-7-15(13)33(29,30)17-3-1-2-4-18(17)34(31,32)16-8-6-12(28)10-14(16)20(24,25)26/h1-10H,27-28H2. The molecule has 0 amide bonds. The smallest absolute Gasteiger partial charge is 0.399 e. The molecular formula is C20H14F6N2O4S2. The molecule has 0 unspecified atom stereocenters. The Morgan fingerprint density at radius 2 is 0.853 bits per heavy atom. The number of nitrogen functional groups attached to an aromatic ring is 2. The molecule has 0 heterocycles. The molecule has 0 atom stereocenters. The van der Waals surface area contributed by atoms with Gasteiger partial charge in [-0.3, -0.25) is 0 Å². The maximum atomic E-state index is 13.5. The van der Waals surface area contributed by atoms with Gasteiger partial charge in [0.1, 0.15) is 0 Å². The first-order chi connectivity index (χ1) is 15.5. The molecule has 0 bridgehead atoms. The average molecular weight is 524 g/mol. The van der Waals surface area contributed by atoms with E-state index in [0.29, 0.717) is 36.4 Å². The van der Waals surface area contributed by atoms with Gasteiger partial charge in [-0.25, -0.2) is 16.8 Å². The SMILES string of the molecule is Nc1ccc(S(=O)(=O)c2ccccc2S(=O)(=O)c2ccc(N)cc2C(F)(F)F)c(C(F)(F)F)c1. The first-order valence-electron chi connectivity index (χ1n) is 9.00. The molecule has 0 spiro atoms. The average Bonchev–Trinajstić information content (AvgIpc) is 2.72. The molecule has 3 aromatic rings. The van der Waals surface area contributed by atoms with E-state index < -0.39 is 74.1 Å². The van der Waals surface area contributed by atoms with Gasteiger partial charge in [0.25, 0.3) is 0 Å². The zero-order chi connectivity index (χ0) is 25.7. The molecule has 6 nitrogen and oxygen atoms in total. The van der Waals surface area contributed by atoms with E-state index in [9.17, 15) is 43.2 Å². The van der Waals surface area contributed by atoms with Crippen molar-refractivity contribution in [1.82, 2.24) is 0 Å². The molecule has 0 aliphatic carbocycles. The van der Waals surface area contributed by atoms with Crippen LogP contribution in [0, 0.1) is 0 Å². The molecule has 0 aliphatic heterocycles. The van der Waals surface area contributed by atoms with Crippen LogP contribution >= 0.6 is 0 Å². The van der Waals surface area contributed by atoms with Gasteiger partial charge >= 0.3 is 12.4 Å². The Morgan fingerprint density at radius 1 is 0.529 bits per heavy atom. The first-order valence-corrected chi connectivity index (χ1v) is 12.0. The van der Waals surface area contributed by atoms with Gasteiger partial charge in [-0.2, -0.15) is 26.3 Å². The van der Waals surface area contributed by atoms with E-state index in [2.05, 4.69) is 0 Å². The minimum atomic E-state index is -5.21. The second-order valence-corrected chi connectivity index (χ2v) is 10.7. The predicted octanol–water partition coefficient (Wildman–Crippen LogP) is 4.55. The van der Waals surface area contributed by atoms with E-state index >= 15 is 0 Å². The third kappa shape index (κ3) is 4.55. The van der Waals surface area contributed by atoms with E-state index in [-0.39, 0.29) is 0 Å². The summed E-state index contributed by atoms with van der Waals surface area (Å²) in [4.78, 5) is -4.92. The fourth-order valence-corrected chi connectivity index (χ4v) is 6.87. The number of alkyl halides is 6. The molecule has 0 fully saturated rings. The van der Waals surface area contributed by atoms with Crippen LogP contribution in [0.1, 0.15) is 11.1 Å². The fraction of sp³-hybridized carbons (Fsp3) is 0.100. The topological polar surface area (TPSA) is 120 Å². The van der Waals surface area contributed by atoms with Crippen molar-refractivity contribution in [3.63, 3.8) is 0 Å². The summed E-state index contributed by atoms with van der Waals surface area (Å²) in [6.45, 7) is 0. The number of hydrogen-bond acceptors (Lipinski definition) is 6. The van der Waals surface area contributed by atoms with Gasteiger partial charge in [0.15, 0.2) is 0 Å². The Kier molecular flexibility index (Phi) is 6.12. The lowest BCUT2D eigenvalue weighted by Crippen LogP contribution is -2.18. The fourth-order valence-electron chi connectivity index (χ4n) is 3.14. The Labute approximate surface area is 189 Å². The number of anilines is 2. The summed E-state index contributed by atoms with van der Waals surface area (Å²) in [7, 11) is -10.4. The Hall–Kier alpha value is -3.26. The van der Waals surface area contributed by atoms with Gasteiger partial charge in [0.05, 0.1) is 30.7 Å². The number of hydrogen-bond donors (Lipinski definition) is 2. The molecule has 0 saturated carbocycles. The van der Waals surface area contributed by atoms with E-state index in [0.717, 1.165) is 24.3 Å². The van der Waals surface area contributed by atoms with E-state index in [1.807, 2.05) is 0 Å². The molecule has 0 aromatic heterocycles. The van der Waals surface area contributed by atoms with Crippen molar-refractivity contribution in [2.24, 2.45) is 0 Å². The maximum Gasteiger partial charge on any atom is 0.417 e. The highest BCUT2D eigenvalue weighted by molar-refractivity contribution is 7.94. The summed E-state index contributed by atoms with van der Waals surface area (Å²) < 4.78 is 134. The predicted molar refractivity (Wildman–Crippen MR) is 109 cm³/mol. The largest absolute Gasteiger partial charge is 0.417 e. The molecule has 4 N–H and O–H groups in total. The highest BCUT2D eigenvalue weighted by Crippen LogP contribution is 2.42. The van der Waals surface area contributed by atoms with Crippen molar-refractivity contribution in [3.05, 3.63) is 71.8 Å². The Morgan fingerprint density at radius 3 is 1.15 bits per heavy atom. The van der Waals surface area contributed by atoms with Gasteiger partial charge in [0.2, 0.25) is 19.7 Å². The number of benzene rings is 3. The van der Waals surface area contributed by atoms with Crippen molar-refractivity contribution >= 4 is 31.0 Å². The maximum absolute atomic E-state index is 13.5. The number of nitrogens with two attached hydrogens (primary N) is 2. The molecule has 14 heteroatoms. The van der Waals surface area contributed by atoms with Crippen LogP contribution in [0.15, 0.2) is 80.2 Å². The van der Waals surface area contributed by atoms with Crippen molar-refractivity contribution < 1.29 is 43.2 Å². The summed E-state index contributed by atoms with van der Waals surface area (Å²) in [5.74, 6) is 0. The van der Waals surface area contributed by atoms with Crippen molar-refractivity contribution in [3.8, 4) is 0 Å². The molecule has 3 aromatic carbocycles. The lowest BCUT2D eigenvalue weighted by molar-refractivity contribution is -0.140. The third-order valence-corrected chi connectivity index (χ3v) is 8.49. The van der Waals surface area contributed by atoms with Crippen LogP contribution in [-0.4, -0.2) is 16.8 Å². The number of sulfone groups is 2. The van der Waals surface area contributed by atoms with Crippen LogP contribution in [0.2, 0.25) is 0 Å². The van der Waals surface area contributed by atoms with Crippen LogP contribution in [0.5, 0.6) is 0 Å². The van der Waals surface area contributed by atoms with Gasteiger partial charge in [-0.1, -0.05) is 12.1 Å². The normalized spacial score (nSPS) is 13.1. The summed E-state index contributed by atoms with van der Waals surface area (Å²) in [5.41, 5.74) is 6.53. The zero-order valence-corrected chi connectivity index (χ0v) is 18.3. The highest BCUT2D eigenvalue weighted by atomic mass is 32.2. The molecule has 182 valence electrons. The Balaban J connectivity index is 2.34. The first kappa shape index (κ1) is 25.4. The number of halogens is 6. The van der Waals surface area contributed by atoms with Crippen LogP contribution in [0.3, 0.4) is 0 Å². The van der Waals surface area contributed by atoms with E-state index in [1.165, 1.54) is 0 Å². The molecule has 0 aliphatic rings. The van der Waals surface area contributed by atoms with Crippen LogP contribution in [0.4, 0.5) is 37.7 Å². The summed E-state index contributed by atoms with van der Waals surface area (Å²) in [5, 5.41) is 0. The van der Waals surface area contributed by atoms with Crippen molar-refractivity contribution in [1.29, 1.82) is 0 Å². The quantitative estimate of drug-likeness (QED) is 0.382. The molecule has 3 rings (SSSR count). The van der Waals surface area contributed by atoms with Crippen LogP contribution < -0.4 is 11.5 Å². The molecular weight excluding hydrogens is 510 g/mol. The van der Waals surface area contributed by atoms with E-state index in [4.69, 9.17) is 11.5 Å². The number of rotatable bonds is 4. The van der Waals surface area contributed by atoms with E-state index in [1.54, 1.807) is 0 Å². The lowest BCUT2D eigenvalue weighted by Gasteiger charge is -2.18. The summed E-state index contributed by atoms with van der Waals surface area (Å²) in [6, 6.07) is 6.92. The van der Waals surface area contributed by atoms with Gasteiger partial charge in [-0.15, -0.1) is 0 Å². The third-order valence-electron chi connectivity index (χ3n) is 4.63. The lowest BCUT2D eigenvalue weighted by atomic mass is 10.2.